The number of likely N-dealkylation sites (tertiary alicyclic amines) is 1. The van der Waals surface area contributed by atoms with Crippen LogP contribution in [-0.4, -0.2) is 47.8 Å². The van der Waals surface area contributed by atoms with Crippen molar-refractivity contribution in [2.45, 2.75) is 25.3 Å². The van der Waals surface area contributed by atoms with Crippen LogP contribution >= 0.6 is 22.7 Å². The van der Waals surface area contributed by atoms with Gasteiger partial charge in [-0.25, -0.2) is 0 Å². The van der Waals surface area contributed by atoms with E-state index in [-0.39, 0.29) is 23.8 Å². The number of primary amides is 1. The molecule has 0 bridgehead atoms. The van der Waals surface area contributed by atoms with Gasteiger partial charge in [0.05, 0.1) is 18.5 Å². The summed E-state index contributed by atoms with van der Waals surface area (Å²) in [5.41, 5.74) is 6.79. The van der Waals surface area contributed by atoms with Crippen LogP contribution in [0, 0.1) is 5.92 Å². The van der Waals surface area contributed by atoms with Gasteiger partial charge in [-0.2, -0.15) is 0 Å². The van der Waals surface area contributed by atoms with Crippen molar-refractivity contribution in [3.05, 3.63) is 44.3 Å². The maximum Gasteiger partial charge on any atom is 0.236 e. The Labute approximate surface area is 161 Å². The number of carbonyl (C=O) groups excluding carboxylic acids is 2. The molecule has 2 aliphatic rings. The minimum atomic E-state index is -0.292. The largest absolute Gasteiger partial charge is 0.369 e. The standard InChI is InChI=1S/C19H23N3O2S2/c20-19(24)13-3-1-7-21(11-13)17(23)12-22-8-5-15-14(6-10-26-15)18(22)16-4-2-9-25-16/h2,4,6,9-10,13,18H,1,3,5,7-8,11-12H2,(H2,20,24). The van der Waals surface area contributed by atoms with E-state index in [1.165, 1.54) is 15.3 Å². The molecule has 0 spiro atoms. The number of nitrogens with zero attached hydrogens (tertiary/aromatic N) is 2. The Morgan fingerprint density at radius 2 is 2.08 bits per heavy atom. The minimum Gasteiger partial charge on any atom is -0.369 e. The summed E-state index contributed by atoms with van der Waals surface area (Å²) >= 11 is 3.55. The van der Waals surface area contributed by atoms with E-state index in [0.717, 1.165) is 32.4 Å². The van der Waals surface area contributed by atoms with Crippen molar-refractivity contribution in [2.75, 3.05) is 26.2 Å². The third-order valence-corrected chi connectivity index (χ3v) is 7.31. The van der Waals surface area contributed by atoms with Crippen LogP contribution in [0.2, 0.25) is 0 Å². The maximum absolute atomic E-state index is 12.9. The predicted molar refractivity (Wildman–Crippen MR) is 104 cm³/mol. The Kier molecular flexibility index (Phi) is 5.11. The summed E-state index contributed by atoms with van der Waals surface area (Å²) in [6.07, 6.45) is 2.63. The quantitative estimate of drug-likeness (QED) is 0.874. The number of nitrogens with two attached hydrogens (primary N) is 1. The van der Waals surface area contributed by atoms with Crippen LogP contribution in [0.3, 0.4) is 0 Å². The van der Waals surface area contributed by atoms with E-state index < -0.39 is 0 Å². The van der Waals surface area contributed by atoms with Crippen LogP contribution in [0.15, 0.2) is 29.0 Å². The highest BCUT2D eigenvalue weighted by molar-refractivity contribution is 7.10. The Balaban J connectivity index is 1.51. The van der Waals surface area contributed by atoms with Crippen molar-refractivity contribution < 1.29 is 9.59 Å². The molecule has 2 aromatic rings. The van der Waals surface area contributed by atoms with Gasteiger partial charge in [0.2, 0.25) is 11.8 Å². The molecule has 7 heteroatoms. The lowest BCUT2D eigenvalue weighted by atomic mass is 9.96. The van der Waals surface area contributed by atoms with Gasteiger partial charge in [0, 0.05) is 29.4 Å². The average Bonchev–Trinajstić information content (AvgIpc) is 3.33. The molecule has 0 aliphatic carbocycles. The smallest absolute Gasteiger partial charge is 0.236 e. The first-order chi connectivity index (χ1) is 12.6. The molecule has 26 heavy (non-hydrogen) atoms. The topological polar surface area (TPSA) is 66.6 Å². The maximum atomic E-state index is 12.9. The molecule has 138 valence electrons. The van der Waals surface area contributed by atoms with Gasteiger partial charge in [-0.05, 0) is 47.7 Å². The van der Waals surface area contributed by atoms with Gasteiger partial charge in [-0.3, -0.25) is 14.5 Å². The van der Waals surface area contributed by atoms with Gasteiger partial charge >= 0.3 is 0 Å². The Morgan fingerprint density at radius 1 is 1.19 bits per heavy atom. The third-order valence-electron chi connectivity index (χ3n) is 5.39. The lowest BCUT2D eigenvalue weighted by molar-refractivity contribution is -0.136. The fourth-order valence-corrected chi connectivity index (χ4v) is 5.81. The van der Waals surface area contributed by atoms with E-state index >= 15 is 0 Å². The van der Waals surface area contributed by atoms with Crippen LogP contribution in [0.5, 0.6) is 0 Å². The van der Waals surface area contributed by atoms with Crippen molar-refractivity contribution in [2.24, 2.45) is 11.7 Å². The van der Waals surface area contributed by atoms with E-state index in [1.807, 2.05) is 16.2 Å². The van der Waals surface area contributed by atoms with Gasteiger partial charge in [0.15, 0.2) is 0 Å². The molecule has 2 amide bonds. The minimum absolute atomic E-state index is 0.108. The lowest BCUT2D eigenvalue weighted by Gasteiger charge is -2.37. The van der Waals surface area contributed by atoms with Crippen molar-refractivity contribution in [1.82, 2.24) is 9.80 Å². The number of carbonyl (C=O) groups is 2. The Morgan fingerprint density at radius 3 is 2.85 bits per heavy atom. The summed E-state index contributed by atoms with van der Waals surface area (Å²) in [6, 6.07) is 6.59. The van der Waals surface area contributed by atoms with Crippen molar-refractivity contribution >= 4 is 34.5 Å². The summed E-state index contributed by atoms with van der Waals surface area (Å²) < 4.78 is 0. The molecule has 0 radical (unpaired) electrons. The monoisotopic (exact) mass is 389 g/mol. The molecule has 4 rings (SSSR count). The van der Waals surface area contributed by atoms with Gasteiger partial charge in [-0.15, -0.1) is 22.7 Å². The molecule has 2 N–H and O–H groups in total. The zero-order valence-corrected chi connectivity index (χ0v) is 16.2. The Bertz CT molecular complexity index is 787. The van der Waals surface area contributed by atoms with Crippen LogP contribution in [0.1, 0.15) is 34.2 Å². The third kappa shape index (κ3) is 3.43. The molecular formula is C19H23N3O2S2. The highest BCUT2D eigenvalue weighted by atomic mass is 32.1. The highest BCUT2D eigenvalue weighted by Gasteiger charge is 2.34. The van der Waals surface area contributed by atoms with Crippen molar-refractivity contribution in [3.63, 3.8) is 0 Å². The second-order valence-corrected chi connectivity index (χ2v) is 9.00. The number of amides is 2. The van der Waals surface area contributed by atoms with Crippen LogP contribution in [-0.2, 0) is 16.0 Å². The SMILES string of the molecule is NC(=O)C1CCCN(C(=O)CN2CCc3sccc3C2c2cccs2)C1. The molecule has 2 aliphatic heterocycles. The van der Waals surface area contributed by atoms with Crippen molar-refractivity contribution in [3.8, 4) is 0 Å². The average molecular weight is 390 g/mol. The number of hydrogen-bond donors (Lipinski definition) is 1. The molecule has 4 heterocycles. The fourth-order valence-electron chi connectivity index (χ4n) is 4.03. The van der Waals surface area contributed by atoms with E-state index in [2.05, 4.69) is 33.9 Å². The molecule has 1 saturated heterocycles. The summed E-state index contributed by atoms with van der Waals surface area (Å²) in [7, 11) is 0. The summed E-state index contributed by atoms with van der Waals surface area (Å²) in [5, 5.41) is 4.25. The molecule has 2 atom stereocenters. The molecule has 1 fully saturated rings. The number of thiophene rings is 2. The Hall–Kier alpha value is -1.70. The van der Waals surface area contributed by atoms with Crippen LogP contribution in [0.25, 0.3) is 0 Å². The van der Waals surface area contributed by atoms with Gasteiger partial charge in [-0.1, -0.05) is 6.07 Å². The first kappa shape index (κ1) is 17.7. The van der Waals surface area contributed by atoms with Gasteiger partial charge in [0.25, 0.3) is 0 Å². The fraction of sp³-hybridized carbons (Fsp3) is 0.474. The van der Waals surface area contributed by atoms with E-state index in [0.29, 0.717) is 13.1 Å². The zero-order valence-electron chi connectivity index (χ0n) is 14.6. The highest BCUT2D eigenvalue weighted by Crippen LogP contribution is 2.39. The van der Waals surface area contributed by atoms with E-state index in [1.54, 1.807) is 11.3 Å². The number of piperidine rings is 1. The van der Waals surface area contributed by atoms with Crippen LogP contribution < -0.4 is 5.73 Å². The normalized spacial score (nSPS) is 23.6. The van der Waals surface area contributed by atoms with Crippen LogP contribution in [0.4, 0.5) is 0 Å². The first-order valence-corrected chi connectivity index (χ1v) is 10.8. The van der Waals surface area contributed by atoms with E-state index in [9.17, 15) is 9.59 Å². The zero-order chi connectivity index (χ0) is 18.1. The number of rotatable bonds is 4. The molecular weight excluding hydrogens is 366 g/mol. The second-order valence-electron chi connectivity index (χ2n) is 7.02. The van der Waals surface area contributed by atoms with Crippen molar-refractivity contribution in [1.29, 1.82) is 0 Å². The van der Waals surface area contributed by atoms with Gasteiger partial charge in [0.1, 0.15) is 0 Å². The summed E-state index contributed by atoms with van der Waals surface area (Å²) in [5.74, 6) is -0.387. The molecule has 5 nitrogen and oxygen atoms in total. The second kappa shape index (κ2) is 7.50. The summed E-state index contributed by atoms with van der Waals surface area (Å²) in [4.78, 5) is 31.3. The van der Waals surface area contributed by atoms with Gasteiger partial charge < -0.3 is 10.6 Å². The summed E-state index contributed by atoms with van der Waals surface area (Å²) in [6.45, 7) is 2.47. The number of fused-ring (bicyclic) bond motifs is 1. The number of hydrogen-bond acceptors (Lipinski definition) is 5. The van der Waals surface area contributed by atoms with E-state index in [4.69, 9.17) is 5.73 Å². The molecule has 2 unspecified atom stereocenters. The molecule has 2 aromatic heterocycles. The molecule has 0 saturated carbocycles. The predicted octanol–water partition coefficient (Wildman–Crippen LogP) is 2.48. The first-order valence-electron chi connectivity index (χ1n) is 9.04. The molecule has 0 aromatic carbocycles. The lowest BCUT2D eigenvalue weighted by Crippen LogP contribution is -2.49.